The fourth-order valence-electron chi connectivity index (χ4n) is 20.3. The lowest BCUT2D eigenvalue weighted by Crippen LogP contribution is -1.98. The average Bonchev–Trinajstić information content (AvgIpc) is 1.51. The number of nitrogens with zero attached hydrogens (tertiary/aromatic N) is 11. The zero-order valence-electron chi connectivity index (χ0n) is 78.6. The normalized spacial score (nSPS) is 11.4. The minimum Gasteiger partial charge on any atom is -0.436 e. The number of hydrogen-bond acceptors (Lipinski definition) is 13. The van der Waals surface area contributed by atoms with E-state index in [0.717, 1.165) is 166 Å². The molecule has 19 aromatic carbocycles. The van der Waals surface area contributed by atoms with Crippen LogP contribution in [0.2, 0.25) is 0 Å². The van der Waals surface area contributed by atoms with Gasteiger partial charge in [-0.1, -0.05) is 303 Å². The van der Waals surface area contributed by atoms with Crippen LogP contribution in [0.4, 0.5) is 0 Å². The summed E-state index contributed by atoms with van der Waals surface area (Å²) in [4.78, 5) is 47.5. The lowest BCUT2D eigenvalue weighted by atomic mass is 9.89. The van der Waals surface area contributed by atoms with Crippen molar-refractivity contribution in [3.63, 3.8) is 0 Å². The monoisotopic (exact) mass is 1890 g/mol. The molecule has 0 atom stereocenters. The third-order valence-electron chi connectivity index (χ3n) is 27.1. The van der Waals surface area contributed by atoms with E-state index in [9.17, 15) is 0 Å². The first kappa shape index (κ1) is 86.8. The molecule has 0 aliphatic rings. The van der Waals surface area contributed by atoms with Crippen molar-refractivity contribution in [3.05, 3.63) is 505 Å². The van der Waals surface area contributed by atoms with Crippen molar-refractivity contribution in [1.29, 1.82) is 0 Å². The summed E-state index contributed by atoms with van der Waals surface area (Å²) < 4.78 is 15.8. The van der Waals surface area contributed by atoms with Crippen LogP contribution in [0.15, 0.2) is 513 Å². The highest BCUT2D eigenvalue weighted by Crippen LogP contribution is 2.47. The minimum absolute atomic E-state index is 0.503. The zero-order chi connectivity index (χ0) is 96.7. The van der Waals surface area contributed by atoms with Crippen molar-refractivity contribution in [3.8, 4) is 140 Å². The Labute approximate surface area is 842 Å². The first-order chi connectivity index (χ1) is 72.3. The molecule has 146 heavy (non-hydrogen) atoms. The topological polar surface area (TPSA) is 160 Å². The van der Waals surface area contributed by atoms with Crippen LogP contribution in [0, 0.1) is 0 Å². The van der Waals surface area contributed by atoms with Gasteiger partial charge in [0.05, 0.1) is 38.3 Å². The maximum absolute atomic E-state index is 6.18. The van der Waals surface area contributed by atoms with Crippen molar-refractivity contribution < 1.29 is 8.83 Å². The highest BCUT2D eigenvalue weighted by Gasteiger charge is 2.24. The van der Waals surface area contributed by atoms with Crippen molar-refractivity contribution in [1.82, 2.24) is 54.4 Å². The summed E-state index contributed by atoms with van der Waals surface area (Å²) in [6.07, 6.45) is 15.0. The molecule has 0 aliphatic carbocycles. The number of pyridine rings is 6. The molecule has 29 aromatic rings. The molecule has 0 fully saturated rings. The Morgan fingerprint density at radius 3 is 1.33 bits per heavy atom. The number of rotatable bonds is 13. The van der Waals surface area contributed by atoms with Crippen molar-refractivity contribution in [2.24, 2.45) is 0 Å². The summed E-state index contributed by atoms with van der Waals surface area (Å²) in [5.74, 6) is 2.03. The first-order valence-electron chi connectivity index (χ1n) is 48.5. The molecule has 14 heteroatoms. The van der Waals surface area contributed by atoms with Crippen LogP contribution in [0.1, 0.15) is 0 Å². The molecule has 0 radical (unpaired) electrons. The zero-order valence-corrected chi connectivity index (χ0v) is 79.4. The fraction of sp³-hybridized carbons (Fsp3) is 0. The van der Waals surface area contributed by atoms with E-state index in [-0.39, 0.29) is 0 Å². The van der Waals surface area contributed by atoms with Gasteiger partial charge in [0.25, 0.3) is 0 Å². The third-order valence-corrected chi connectivity index (χ3v) is 28.2. The van der Waals surface area contributed by atoms with Gasteiger partial charge in [0, 0.05) is 111 Å². The van der Waals surface area contributed by atoms with Crippen LogP contribution in [0.5, 0.6) is 0 Å². The Hall–Kier alpha value is -19.5. The standard InChI is InChI=1S/C38H25N3.C32H20N2O.C31H19N3O.C31H19N3S/c1-2-14-32(15-3-1)41-36-19-9-8-18-35(36)40-38(41)31-23-29(28-13-10-20-39-25-28)22-30(24-31)37-33-16-6-4-11-26(33)21-27-12-5-7-17-34(27)37;1-3-11-26-21(8-1)10-7-13-28(26)23-16-24(29-20-33-19-22-9-2-4-12-27(22)29)18-25(17-23)32-34-30-14-5-6-15-31(30)35-32;1-3-11-23-20(8-1)10-7-13-25(23)22-16-28(26-19-32-18-21-9-2-4-12-24(21)26)33-29(17-22)31-34-27-14-5-6-15-30(27)35-31;1-2-8-23-21(7-1)17-26(25-10-4-3-9-24(23)25)29-19-22(18-28(33-29)20-13-15-32-16-14-20)31-34-27-11-5-6-12-30(27)35-31/h1-25H;1-20H;2*1-19H. The quantitative estimate of drug-likeness (QED) is 0.0795. The first-order valence-corrected chi connectivity index (χ1v) is 49.4. The highest BCUT2D eigenvalue weighted by atomic mass is 32.1. The number of thiazole rings is 1. The Balaban J connectivity index is 0.0000000991. The number of benzene rings is 19. The Bertz CT molecular complexity index is 9440. The number of para-hydroxylation sites is 8. The molecule has 10 heterocycles. The number of oxazole rings is 2. The molecule has 29 rings (SSSR count). The highest BCUT2D eigenvalue weighted by molar-refractivity contribution is 7.21. The molecule has 0 saturated carbocycles. The molecule has 0 N–H and O–H groups in total. The van der Waals surface area contributed by atoms with Crippen molar-refractivity contribution in [2.45, 2.75) is 0 Å². The molecule has 0 aliphatic heterocycles. The fourth-order valence-corrected chi connectivity index (χ4v) is 21.3. The SMILES string of the molecule is c1ccc(-n2c(-c3cc(-c4cccnc4)cc(-c4c5ccccc5cc5ccccc45)c3)nc3ccccc32)cc1.c1ccc2c(-c3cc(-c4nc5ccccc5o4)cc(-c4cncc5ccccc45)c3)cccc2c1.c1ccc2c(-c3cc(-c4nc5ccccc5o4)nc(-c4cncc5ccccc45)c3)cccc2c1.c1ccc2c(c1)cc(-c1cc(-c3nc4ccccc4s3)cc(-c3ccncc3)n1)c1ccccc12. The van der Waals surface area contributed by atoms with Crippen LogP contribution in [-0.2, 0) is 0 Å². The summed E-state index contributed by atoms with van der Waals surface area (Å²) >= 11 is 1.71. The molecule has 10 aromatic heterocycles. The van der Waals surface area contributed by atoms with Crippen LogP contribution in [0.25, 0.3) is 270 Å². The maximum Gasteiger partial charge on any atom is 0.246 e. The molecule has 0 saturated heterocycles. The number of imidazole rings is 1. The number of fused-ring (bicyclic) bond motifs is 13. The van der Waals surface area contributed by atoms with Gasteiger partial charge in [0.2, 0.25) is 11.8 Å². The van der Waals surface area contributed by atoms with Crippen molar-refractivity contribution in [2.75, 3.05) is 0 Å². The van der Waals surface area contributed by atoms with E-state index >= 15 is 0 Å². The molecular formula is C132H83N11O2S. The van der Waals surface area contributed by atoms with Crippen molar-refractivity contribution >= 4 is 141 Å². The second kappa shape index (κ2) is 37.9. The van der Waals surface area contributed by atoms with Gasteiger partial charge < -0.3 is 8.83 Å². The maximum atomic E-state index is 6.18. The lowest BCUT2D eigenvalue weighted by molar-refractivity contribution is 0.617. The Morgan fingerprint density at radius 1 is 0.205 bits per heavy atom. The molecule has 0 amide bonds. The number of aromatic nitrogens is 11. The minimum atomic E-state index is 0.503. The predicted octanol–water partition coefficient (Wildman–Crippen LogP) is 34.6. The van der Waals surface area contributed by atoms with Gasteiger partial charge in [-0.3, -0.25) is 24.5 Å². The molecule has 684 valence electrons. The molecule has 0 spiro atoms. The van der Waals surface area contributed by atoms with Gasteiger partial charge in [-0.05, 0) is 272 Å². The van der Waals surface area contributed by atoms with Gasteiger partial charge in [-0.15, -0.1) is 11.3 Å². The third kappa shape index (κ3) is 16.8. The van der Waals surface area contributed by atoms with Crippen LogP contribution < -0.4 is 0 Å². The van der Waals surface area contributed by atoms with E-state index in [2.05, 4.69) is 382 Å². The summed E-state index contributed by atoms with van der Waals surface area (Å²) in [5, 5.41) is 20.1. The summed E-state index contributed by atoms with van der Waals surface area (Å²) in [6, 6.07) is 158. The Kier molecular flexibility index (Phi) is 22.5. The Morgan fingerprint density at radius 2 is 0.671 bits per heavy atom. The molecule has 0 bridgehead atoms. The molecular weight excluding hydrogens is 1800 g/mol. The summed E-state index contributed by atoms with van der Waals surface area (Å²) in [7, 11) is 0. The summed E-state index contributed by atoms with van der Waals surface area (Å²) in [5.41, 5.74) is 28.1. The van der Waals surface area contributed by atoms with Gasteiger partial charge in [-0.25, -0.2) is 29.9 Å². The molecule has 13 nitrogen and oxygen atoms in total. The smallest absolute Gasteiger partial charge is 0.246 e. The van der Waals surface area contributed by atoms with Gasteiger partial charge in [0.1, 0.15) is 27.6 Å². The van der Waals surface area contributed by atoms with E-state index in [1.165, 1.54) is 85.8 Å². The second-order valence-corrected chi connectivity index (χ2v) is 37.2. The lowest BCUT2D eigenvalue weighted by Gasteiger charge is -2.16. The van der Waals surface area contributed by atoms with Crippen LogP contribution in [-0.4, -0.2) is 54.4 Å². The van der Waals surface area contributed by atoms with E-state index in [1.54, 1.807) is 11.3 Å². The van der Waals surface area contributed by atoms with E-state index < -0.39 is 0 Å². The number of hydrogen-bond donors (Lipinski definition) is 0. The van der Waals surface area contributed by atoms with Crippen LogP contribution >= 0.6 is 11.3 Å². The van der Waals surface area contributed by atoms with Gasteiger partial charge in [-0.2, -0.15) is 0 Å². The van der Waals surface area contributed by atoms with Gasteiger partial charge >= 0.3 is 0 Å². The summed E-state index contributed by atoms with van der Waals surface area (Å²) in [6.45, 7) is 0. The molecule has 0 unspecified atom stereocenters. The van der Waals surface area contributed by atoms with E-state index in [0.29, 0.717) is 17.5 Å². The second-order valence-electron chi connectivity index (χ2n) is 36.1. The van der Waals surface area contributed by atoms with E-state index in [4.69, 9.17) is 38.7 Å². The van der Waals surface area contributed by atoms with Crippen LogP contribution in [0.3, 0.4) is 0 Å². The predicted molar refractivity (Wildman–Crippen MR) is 601 cm³/mol. The largest absolute Gasteiger partial charge is 0.436 e. The van der Waals surface area contributed by atoms with Gasteiger partial charge in [0.15, 0.2) is 11.2 Å². The van der Waals surface area contributed by atoms with E-state index in [1.807, 2.05) is 147 Å². The average molecular weight is 1890 g/mol.